The molecule has 0 radical (unpaired) electrons. The van der Waals surface area contributed by atoms with Gasteiger partial charge in [0.1, 0.15) is 5.82 Å². The third-order valence-corrected chi connectivity index (χ3v) is 3.56. The Hall–Kier alpha value is -1.06. The van der Waals surface area contributed by atoms with Gasteiger partial charge in [-0.05, 0) is 59.6 Å². The summed E-state index contributed by atoms with van der Waals surface area (Å²) in [5.41, 5.74) is 3.07. The smallest absolute Gasteiger partial charge is 0.130 e. The average molecular weight is 312 g/mol. The molecule has 0 aliphatic heterocycles. The molecule has 1 N–H and O–H groups in total. The SMILES string of the molecule is Cc1ccc(Cl)cc1Nc1ccc(Br)c(C)n1. The summed E-state index contributed by atoms with van der Waals surface area (Å²) in [6, 6.07) is 9.66. The Morgan fingerprint density at radius 3 is 2.65 bits per heavy atom. The van der Waals surface area contributed by atoms with Crippen LogP contribution in [0.4, 0.5) is 11.5 Å². The van der Waals surface area contributed by atoms with Crippen LogP contribution in [0.15, 0.2) is 34.8 Å². The lowest BCUT2D eigenvalue weighted by atomic mass is 10.2. The van der Waals surface area contributed by atoms with Gasteiger partial charge >= 0.3 is 0 Å². The van der Waals surface area contributed by atoms with Crippen LogP contribution in [0.25, 0.3) is 0 Å². The Morgan fingerprint density at radius 2 is 1.94 bits per heavy atom. The highest BCUT2D eigenvalue weighted by atomic mass is 79.9. The van der Waals surface area contributed by atoms with Crippen molar-refractivity contribution in [3.63, 3.8) is 0 Å². The van der Waals surface area contributed by atoms with Gasteiger partial charge in [0.2, 0.25) is 0 Å². The number of nitrogens with one attached hydrogen (secondary N) is 1. The molecular formula is C13H12BrClN2. The average Bonchev–Trinajstić information content (AvgIpc) is 2.29. The molecule has 0 saturated carbocycles. The predicted molar refractivity (Wildman–Crippen MR) is 76.1 cm³/mol. The third-order valence-electron chi connectivity index (χ3n) is 2.48. The highest BCUT2D eigenvalue weighted by molar-refractivity contribution is 9.10. The molecule has 1 aromatic heterocycles. The maximum Gasteiger partial charge on any atom is 0.130 e. The molecule has 0 bridgehead atoms. The third kappa shape index (κ3) is 2.99. The van der Waals surface area contributed by atoms with E-state index in [0.717, 1.165) is 27.2 Å². The van der Waals surface area contributed by atoms with Crippen molar-refractivity contribution in [2.75, 3.05) is 5.32 Å². The molecule has 1 heterocycles. The lowest BCUT2D eigenvalue weighted by Crippen LogP contribution is -1.97. The highest BCUT2D eigenvalue weighted by Crippen LogP contribution is 2.24. The van der Waals surface area contributed by atoms with Gasteiger partial charge in [-0.1, -0.05) is 17.7 Å². The Labute approximate surface area is 114 Å². The zero-order chi connectivity index (χ0) is 12.4. The van der Waals surface area contributed by atoms with E-state index in [1.165, 1.54) is 0 Å². The molecule has 0 fully saturated rings. The van der Waals surface area contributed by atoms with Crippen LogP contribution in [0.2, 0.25) is 5.02 Å². The summed E-state index contributed by atoms with van der Waals surface area (Å²) >= 11 is 9.40. The van der Waals surface area contributed by atoms with E-state index in [0.29, 0.717) is 5.02 Å². The Morgan fingerprint density at radius 1 is 1.18 bits per heavy atom. The minimum Gasteiger partial charge on any atom is -0.340 e. The largest absolute Gasteiger partial charge is 0.340 e. The maximum absolute atomic E-state index is 5.97. The predicted octanol–water partition coefficient (Wildman–Crippen LogP) is 4.86. The molecule has 4 heteroatoms. The van der Waals surface area contributed by atoms with Crippen molar-refractivity contribution < 1.29 is 0 Å². The number of hydrogen-bond acceptors (Lipinski definition) is 2. The first-order chi connectivity index (χ1) is 8.06. The Kier molecular flexibility index (Phi) is 3.69. The molecule has 0 aliphatic rings. The molecule has 0 atom stereocenters. The van der Waals surface area contributed by atoms with E-state index < -0.39 is 0 Å². The van der Waals surface area contributed by atoms with Gasteiger partial charge in [-0.15, -0.1) is 0 Å². The molecule has 2 aromatic rings. The fraction of sp³-hybridized carbons (Fsp3) is 0.154. The molecular weight excluding hydrogens is 300 g/mol. The molecule has 1 aromatic carbocycles. The lowest BCUT2D eigenvalue weighted by molar-refractivity contribution is 1.18. The van der Waals surface area contributed by atoms with Crippen LogP contribution < -0.4 is 5.32 Å². The number of halogens is 2. The first-order valence-corrected chi connectivity index (χ1v) is 6.39. The number of benzene rings is 1. The van der Waals surface area contributed by atoms with Crippen LogP contribution in [0.3, 0.4) is 0 Å². The van der Waals surface area contributed by atoms with E-state index >= 15 is 0 Å². The van der Waals surface area contributed by atoms with Gasteiger partial charge in [0.15, 0.2) is 0 Å². The number of aromatic nitrogens is 1. The lowest BCUT2D eigenvalue weighted by Gasteiger charge is -2.10. The summed E-state index contributed by atoms with van der Waals surface area (Å²) in [4.78, 5) is 4.44. The molecule has 0 spiro atoms. The first-order valence-electron chi connectivity index (χ1n) is 5.22. The number of pyridine rings is 1. The van der Waals surface area contributed by atoms with E-state index in [4.69, 9.17) is 11.6 Å². The molecule has 17 heavy (non-hydrogen) atoms. The molecule has 0 aliphatic carbocycles. The van der Waals surface area contributed by atoms with Gasteiger partial charge in [-0.3, -0.25) is 0 Å². The summed E-state index contributed by atoms with van der Waals surface area (Å²) < 4.78 is 1.01. The van der Waals surface area contributed by atoms with Gasteiger partial charge in [-0.2, -0.15) is 0 Å². The molecule has 0 unspecified atom stereocenters. The molecule has 2 nitrogen and oxygen atoms in total. The summed E-state index contributed by atoms with van der Waals surface area (Å²) in [6.45, 7) is 3.99. The van der Waals surface area contributed by atoms with Crippen LogP contribution in [-0.4, -0.2) is 4.98 Å². The summed E-state index contributed by atoms with van der Waals surface area (Å²) in [5.74, 6) is 0.816. The second-order valence-electron chi connectivity index (χ2n) is 3.85. The Bertz CT molecular complexity index is 555. The van der Waals surface area contributed by atoms with Crippen molar-refractivity contribution >= 4 is 39.0 Å². The van der Waals surface area contributed by atoms with E-state index in [9.17, 15) is 0 Å². The van der Waals surface area contributed by atoms with Gasteiger partial charge in [0.05, 0.1) is 5.69 Å². The van der Waals surface area contributed by atoms with Crippen LogP contribution in [0, 0.1) is 13.8 Å². The molecule has 0 saturated heterocycles. The van der Waals surface area contributed by atoms with Crippen LogP contribution in [0.5, 0.6) is 0 Å². The molecule has 0 amide bonds. The number of rotatable bonds is 2. The minimum atomic E-state index is 0.715. The molecule has 2 rings (SSSR count). The Balaban J connectivity index is 2.31. The fourth-order valence-electron chi connectivity index (χ4n) is 1.48. The van der Waals surface area contributed by atoms with Gasteiger partial charge in [-0.25, -0.2) is 4.98 Å². The number of anilines is 2. The first kappa shape index (κ1) is 12.4. The van der Waals surface area contributed by atoms with Crippen LogP contribution in [-0.2, 0) is 0 Å². The molecule has 88 valence electrons. The van der Waals surface area contributed by atoms with Crippen molar-refractivity contribution in [3.8, 4) is 0 Å². The van der Waals surface area contributed by atoms with E-state index in [1.54, 1.807) is 0 Å². The van der Waals surface area contributed by atoms with E-state index in [2.05, 4.69) is 26.2 Å². The van der Waals surface area contributed by atoms with Crippen LogP contribution in [0.1, 0.15) is 11.3 Å². The van der Waals surface area contributed by atoms with Crippen molar-refractivity contribution in [1.82, 2.24) is 4.98 Å². The topological polar surface area (TPSA) is 24.9 Å². The zero-order valence-corrected chi connectivity index (χ0v) is 11.9. The van der Waals surface area contributed by atoms with Crippen molar-refractivity contribution in [3.05, 3.63) is 51.1 Å². The van der Waals surface area contributed by atoms with Gasteiger partial charge in [0, 0.05) is 15.2 Å². The summed E-state index contributed by atoms with van der Waals surface area (Å²) in [5, 5.41) is 3.98. The monoisotopic (exact) mass is 310 g/mol. The minimum absolute atomic E-state index is 0.715. The number of hydrogen-bond donors (Lipinski definition) is 1. The number of aryl methyl sites for hydroxylation is 2. The van der Waals surface area contributed by atoms with Gasteiger partial charge in [0.25, 0.3) is 0 Å². The number of nitrogens with zero attached hydrogens (tertiary/aromatic N) is 1. The van der Waals surface area contributed by atoms with Crippen molar-refractivity contribution in [2.24, 2.45) is 0 Å². The van der Waals surface area contributed by atoms with Crippen LogP contribution >= 0.6 is 27.5 Å². The van der Waals surface area contributed by atoms with Gasteiger partial charge < -0.3 is 5.32 Å². The van der Waals surface area contributed by atoms with Crippen molar-refractivity contribution in [2.45, 2.75) is 13.8 Å². The quantitative estimate of drug-likeness (QED) is 0.857. The second kappa shape index (κ2) is 5.07. The second-order valence-corrected chi connectivity index (χ2v) is 5.14. The maximum atomic E-state index is 5.97. The zero-order valence-electron chi connectivity index (χ0n) is 9.59. The summed E-state index contributed by atoms with van der Waals surface area (Å²) in [7, 11) is 0. The van der Waals surface area contributed by atoms with E-state index in [1.807, 2.05) is 44.2 Å². The normalized spacial score (nSPS) is 10.4. The summed E-state index contributed by atoms with van der Waals surface area (Å²) in [6.07, 6.45) is 0. The van der Waals surface area contributed by atoms with Crippen molar-refractivity contribution in [1.29, 1.82) is 0 Å². The van der Waals surface area contributed by atoms with E-state index in [-0.39, 0.29) is 0 Å². The standard InChI is InChI=1S/C13H12BrClN2/c1-8-3-4-10(15)7-12(8)17-13-6-5-11(14)9(2)16-13/h3-7H,1-2H3,(H,16,17). The fourth-order valence-corrected chi connectivity index (χ4v) is 1.87. The highest BCUT2D eigenvalue weighted by Gasteiger charge is 2.03.